The van der Waals surface area contributed by atoms with Gasteiger partial charge in [0.2, 0.25) is 0 Å². The third-order valence-corrected chi connectivity index (χ3v) is 4.21. The summed E-state index contributed by atoms with van der Waals surface area (Å²) in [5.74, 6) is 0. The minimum atomic E-state index is 0. The van der Waals surface area contributed by atoms with Gasteiger partial charge in [-0.2, -0.15) is 0 Å². The summed E-state index contributed by atoms with van der Waals surface area (Å²) in [5.41, 5.74) is 2.78. The summed E-state index contributed by atoms with van der Waals surface area (Å²) in [6.07, 6.45) is 0. The summed E-state index contributed by atoms with van der Waals surface area (Å²) in [4.78, 5) is 2.57. The first-order chi connectivity index (χ1) is 8.91. The molecular formula is C16H27Cl3N2. The van der Waals surface area contributed by atoms with Crippen molar-refractivity contribution in [1.82, 2.24) is 10.2 Å². The van der Waals surface area contributed by atoms with Gasteiger partial charge in [-0.05, 0) is 29.5 Å². The molecule has 0 spiro atoms. The molecule has 0 radical (unpaired) electrons. The molecule has 1 saturated heterocycles. The third-order valence-electron chi connectivity index (χ3n) is 3.88. The van der Waals surface area contributed by atoms with Gasteiger partial charge in [0.05, 0.1) is 0 Å². The fraction of sp³-hybridized carbons (Fsp3) is 0.625. The van der Waals surface area contributed by atoms with Crippen LogP contribution in [-0.4, -0.2) is 31.1 Å². The van der Waals surface area contributed by atoms with Crippen molar-refractivity contribution >= 4 is 36.4 Å². The van der Waals surface area contributed by atoms with E-state index >= 15 is 0 Å². The van der Waals surface area contributed by atoms with Crippen molar-refractivity contribution in [3.63, 3.8) is 0 Å². The van der Waals surface area contributed by atoms with Crippen LogP contribution in [0.2, 0.25) is 5.02 Å². The van der Waals surface area contributed by atoms with Gasteiger partial charge in [0.15, 0.2) is 0 Å². The molecule has 1 aromatic rings. The maximum absolute atomic E-state index is 6.51. The molecule has 0 unspecified atom stereocenters. The van der Waals surface area contributed by atoms with E-state index in [-0.39, 0.29) is 30.2 Å². The monoisotopic (exact) mass is 352 g/mol. The fourth-order valence-corrected chi connectivity index (χ4v) is 3.42. The summed E-state index contributed by atoms with van der Waals surface area (Å²) >= 11 is 6.51. The van der Waals surface area contributed by atoms with Gasteiger partial charge in [-0.25, -0.2) is 0 Å². The number of piperazine rings is 1. The van der Waals surface area contributed by atoms with Crippen molar-refractivity contribution in [3.05, 3.63) is 34.3 Å². The Hall–Kier alpha value is 0.01000. The van der Waals surface area contributed by atoms with Gasteiger partial charge in [-0.15, -0.1) is 24.8 Å². The molecule has 1 N–H and O–H groups in total. The topological polar surface area (TPSA) is 15.3 Å². The zero-order chi connectivity index (χ0) is 14.0. The number of nitrogens with zero attached hydrogens (tertiary/aromatic N) is 1. The molecule has 1 aliphatic heterocycles. The average molecular weight is 354 g/mol. The fourth-order valence-electron chi connectivity index (χ4n) is 3.09. The molecule has 1 fully saturated rings. The standard InChI is InChI=1S/C16H25ClN2.2ClH/c1-12-6-5-7-13(17)14(12)15(16(2,3)4)19-10-8-18-9-11-19;;/h5-7,15,18H,8-11H2,1-4H3;2*1H/t15-;;/m0../s1. The number of hydrogen-bond donors (Lipinski definition) is 1. The van der Waals surface area contributed by atoms with Gasteiger partial charge in [-0.1, -0.05) is 44.5 Å². The maximum Gasteiger partial charge on any atom is 0.0456 e. The van der Waals surface area contributed by atoms with Crippen LogP contribution in [0.3, 0.4) is 0 Å². The number of halogens is 3. The molecule has 1 aromatic carbocycles. The number of rotatable bonds is 2. The molecule has 1 atom stereocenters. The van der Waals surface area contributed by atoms with E-state index < -0.39 is 0 Å². The lowest BCUT2D eigenvalue weighted by Crippen LogP contribution is -2.48. The van der Waals surface area contributed by atoms with Crippen molar-refractivity contribution in [2.24, 2.45) is 5.41 Å². The second-order valence-electron chi connectivity index (χ2n) is 6.52. The molecular weight excluding hydrogens is 327 g/mol. The number of hydrogen-bond acceptors (Lipinski definition) is 2. The van der Waals surface area contributed by atoms with Crippen molar-refractivity contribution in [2.45, 2.75) is 33.7 Å². The minimum Gasteiger partial charge on any atom is -0.314 e. The molecule has 0 saturated carbocycles. The molecule has 0 amide bonds. The van der Waals surface area contributed by atoms with E-state index in [9.17, 15) is 0 Å². The Morgan fingerprint density at radius 3 is 2.19 bits per heavy atom. The summed E-state index contributed by atoms with van der Waals surface area (Å²) in [6.45, 7) is 13.4. The van der Waals surface area contributed by atoms with Crippen LogP contribution >= 0.6 is 36.4 Å². The molecule has 1 heterocycles. The van der Waals surface area contributed by atoms with E-state index in [1.807, 2.05) is 12.1 Å². The Morgan fingerprint density at radius 1 is 1.14 bits per heavy atom. The van der Waals surface area contributed by atoms with Crippen LogP contribution in [0.15, 0.2) is 18.2 Å². The van der Waals surface area contributed by atoms with E-state index in [4.69, 9.17) is 11.6 Å². The molecule has 2 nitrogen and oxygen atoms in total. The van der Waals surface area contributed by atoms with E-state index in [2.05, 4.69) is 44.0 Å². The molecule has 0 bridgehead atoms. The molecule has 0 aromatic heterocycles. The lowest BCUT2D eigenvalue weighted by molar-refractivity contribution is 0.0858. The maximum atomic E-state index is 6.51. The highest BCUT2D eigenvalue weighted by atomic mass is 35.5. The van der Waals surface area contributed by atoms with E-state index in [1.165, 1.54) is 11.1 Å². The van der Waals surface area contributed by atoms with Crippen molar-refractivity contribution in [2.75, 3.05) is 26.2 Å². The number of nitrogens with one attached hydrogen (secondary N) is 1. The summed E-state index contributed by atoms with van der Waals surface area (Å²) in [5, 5.41) is 4.33. The Labute approximate surface area is 146 Å². The van der Waals surface area contributed by atoms with E-state index in [0.29, 0.717) is 6.04 Å². The minimum absolute atomic E-state index is 0. The summed E-state index contributed by atoms with van der Waals surface area (Å²) < 4.78 is 0. The molecule has 0 aliphatic carbocycles. The largest absolute Gasteiger partial charge is 0.314 e. The SMILES string of the molecule is Cc1cccc(Cl)c1[C@H](N1CCNCC1)C(C)(C)C.Cl.Cl. The Bertz CT molecular complexity index is 417. The Morgan fingerprint density at radius 2 is 1.71 bits per heavy atom. The predicted molar refractivity (Wildman–Crippen MR) is 97.3 cm³/mol. The normalized spacial score (nSPS) is 17.6. The third kappa shape index (κ3) is 5.01. The van der Waals surface area contributed by atoms with Gasteiger partial charge in [0, 0.05) is 37.2 Å². The van der Waals surface area contributed by atoms with Crippen LogP contribution in [0.1, 0.15) is 37.9 Å². The quantitative estimate of drug-likeness (QED) is 0.843. The van der Waals surface area contributed by atoms with Crippen LogP contribution in [-0.2, 0) is 0 Å². The van der Waals surface area contributed by atoms with E-state index in [1.54, 1.807) is 0 Å². The van der Waals surface area contributed by atoms with Crippen LogP contribution in [0.4, 0.5) is 0 Å². The molecule has 21 heavy (non-hydrogen) atoms. The highest BCUT2D eigenvalue weighted by molar-refractivity contribution is 6.31. The zero-order valence-corrected chi connectivity index (χ0v) is 15.7. The molecule has 5 heteroatoms. The second kappa shape index (κ2) is 8.59. The van der Waals surface area contributed by atoms with Crippen molar-refractivity contribution in [3.8, 4) is 0 Å². The van der Waals surface area contributed by atoms with E-state index in [0.717, 1.165) is 31.2 Å². The van der Waals surface area contributed by atoms with Crippen LogP contribution in [0, 0.1) is 12.3 Å². The van der Waals surface area contributed by atoms with Crippen molar-refractivity contribution in [1.29, 1.82) is 0 Å². The average Bonchev–Trinajstić information content (AvgIpc) is 2.33. The Kier molecular flexibility index (Phi) is 8.60. The summed E-state index contributed by atoms with van der Waals surface area (Å²) in [6, 6.07) is 6.61. The highest BCUT2D eigenvalue weighted by Gasteiger charge is 2.34. The highest BCUT2D eigenvalue weighted by Crippen LogP contribution is 2.42. The lowest BCUT2D eigenvalue weighted by Gasteiger charge is -2.43. The van der Waals surface area contributed by atoms with Gasteiger partial charge in [0.25, 0.3) is 0 Å². The molecule has 2 rings (SSSR count). The van der Waals surface area contributed by atoms with Crippen LogP contribution in [0.5, 0.6) is 0 Å². The second-order valence-corrected chi connectivity index (χ2v) is 6.93. The first-order valence-corrected chi connectivity index (χ1v) is 7.49. The Balaban J connectivity index is 0.00000200. The van der Waals surface area contributed by atoms with Crippen molar-refractivity contribution < 1.29 is 0 Å². The van der Waals surface area contributed by atoms with Gasteiger partial charge in [0.1, 0.15) is 0 Å². The van der Waals surface area contributed by atoms with Gasteiger partial charge < -0.3 is 5.32 Å². The zero-order valence-electron chi connectivity index (χ0n) is 13.3. The first-order valence-electron chi connectivity index (χ1n) is 7.11. The number of aryl methyl sites for hydroxylation is 1. The number of benzene rings is 1. The van der Waals surface area contributed by atoms with Gasteiger partial charge in [-0.3, -0.25) is 4.90 Å². The smallest absolute Gasteiger partial charge is 0.0456 e. The van der Waals surface area contributed by atoms with Gasteiger partial charge >= 0.3 is 0 Å². The molecule has 1 aliphatic rings. The van der Waals surface area contributed by atoms with Crippen LogP contribution < -0.4 is 5.32 Å². The lowest BCUT2D eigenvalue weighted by atomic mass is 9.79. The summed E-state index contributed by atoms with van der Waals surface area (Å²) in [7, 11) is 0. The predicted octanol–water partition coefficient (Wildman–Crippen LogP) is 4.48. The first kappa shape index (κ1) is 21.0. The molecule has 122 valence electrons. The van der Waals surface area contributed by atoms with Crippen LogP contribution in [0.25, 0.3) is 0 Å².